The Bertz CT molecular complexity index is 456. The lowest BCUT2D eigenvalue weighted by atomic mass is 9.95. The average Bonchev–Trinajstić information content (AvgIpc) is 2.43. The van der Waals surface area contributed by atoms with E-state index in [0.29, 0.717) is 13.0 Å². The normalized spacial score (nSPS) is 13.2. The van der Waals surface area contributed by atoms with Gasteiger partial charge in [-0.2, -0.15) is 0 Å². The second-order valence-electron chi connectivity index (χ2n) is 4.96. The highest BCUT2D eigenvalue weighted by Gasteiger charge is 2.14. The van der Waals surface area contributed by atoms with Crippen LogP contribution in [0.2, 0.25) is 0 Å². The van der Waals surface area contributed by atoms with Crippen LogP contribution in [0.4, 0.5) is 0 Å². The quantitative estimate of drug-likeness (QED) is 0.717. The van der Waals surface area contributed by atoms with Crippen molar-refractivity contribution in [2.24, 2.45) is 5.92 Å². The van der Waals surface area contributed by atoms with Gasteiger partial charge in [0.2, 0.25) is 5.91 Å². The molecule has 0 saturated heterocycles. The van der Waals surface area contributed by atoms with Gasteiger partial charge >= 0.3 is 5.97 Å². The lowest BCUT2D eigenvalue weighted by molar-refractivity contribution is -0.138. The van der Waals surface area contributed by atoms with Crippen LogP contribution in [0, 0.1) is 5.92 Å². The number of carboxylic acid groups (broad SMARTS) is 1. The van der Waals surface area contributed by atoms with E-state index in [1.807, 2.05) is 30.3 Å². The predicted octanol–water partition coefficient (Wildman–Crippen LogP) is 2.57. The molecule has 2 N–H and O–H groups in total. The van der Waals surface area contributed by atoms with E-state index in [2.05, 4.69) is 11.9 Å². The smallest absolute Gasteiger partial charge is 0.303 e. The number of hydrogen-bond donors (Lipinski definition) is 2. The van der Waals surface area contributed by atoms with Crippen molar-refractivity contribution in [2.75, 3.05) is 6.54 Å². The van der Waals surface area contributed by atoms with Gasteiger partial charge in [0.25, 0.3) is 0 Å². The molecule has 2 atom stereocenters. The minimum Gasteiger partial charge on any atom is -0.481 e. The van der Waals surface area contributed by atoms with Gasteiger partial charge < -0.3 is 10.4 Å². The van der Waals surface area contributed by atoms with Crippen LogP contribution in [-0.4, -0.2) is 23.5 Å². The zero-order valence-corrected chi connectivity index (χ0v) is 11.7. The minimum absolute atomic E-state index is 0.0222. The number of amides is 1. The van der Waals surface area contributed by atoms with Gasteiger partial charge in [0.05, 0.1) is 0 Å². The van der Waals surface area contributed by atoms with Gasteiger partial charge in [0, 0.05) is 25.3 Å². The van der Waals surface area contributed by atoms with Crippen LogP contribution in [0.15, 0.2) is 43.0 Å². The summed E-state index contributed by atoms with van der Waals surface area (Å²) >= 11 is 0. The first-order chi connectivity index (χ1) is 9.52. The van der Waals surface area contributed by atoms with Crippen molar-refractivity contribution in [1.29, 1.82) is 0 Å². The molecule has 0 aliphatic heterocycles. The third-order valence-electron chi connectivity index (χ3n) is 3.09. The molecule has 1 aromatic rings. The Morgan fingerprint density at radius 2 is 1.95 bits per heavy atom. The molecule has 4 nitrogen and oxygen atoms in total. The molecule has 1 aromatic carbocycles. The Kier molecular flexibility index (Phi) is 6.50. The van der Waals surface area contributed by atoms with Crippen molar-refractivity contribution < 1.29 is 14.7 Å². The molecule has 0 radical (unpaired) electrons. The van der Waals surface area contributed by atoms with Gasteiger partial charge in [0.1, 0.15) is 0 Å². The summed E-state index contributed by atoms with van der Waals surface area (Å²) in [6.07, 6.45) is 2.15. The van der Waals surface area contributed by atoms with Crippen LogP contribution in [0.5, 0.6) is 0 Å². The number of benzene rings is 1. The van der Waals surface area contributed by atoms with Crippen LogP contribution >= 0.6 is 0 Å². The zero-order chi connectivity index (χ0) is 15.0. The molecule has 0 aliphatic rings. The van der Waals surface area contributed by atoms with Crippen molar-refractivity contribution in [2.45, 2.75) is 25.7 Å². The first kappa shape index (κ1) is 16.0. The number of rotatable bonds is 8. The summed E-state index contributed by atoms with van der Waals surface area (Å²) in [4.78, 5) is 22.4. The van der Waals surface area contributed by atoms with Crippen molar-refractivity contribution in [3.8, 4) is 0 Å². The second kappa shape index (κ2) is 8.15. The molecule has 20 heavy (non-hydrogen) atoms. The molecule has 0 saturated carbocycles. The summed E-state index contributed by atoms with van der Waals surface area (Å²) in [6.45, 7) is 5.95. The fraction of sp³-hybridized carbons (Fsp3) is 0.375. The molecule has 0 spiro atoms. The molecule has 0 aromatic heterocycles. The lowest BCUT2D eigenvalue weighted by Gasteiger charge is -2.14. The largest absolute Gasteiger partial charge is 0.481 e. The van der Waals surface area contributed by atoms with E-state index < -0.39 is 5.97 Å². The molecule has 0 bridgehead atoms. The molecule has 1 amide bonds. The molecular formula is C16H21NO3. The summed E-state index contributed by atoms with van der Waals surface area (Å²) in [5.74, 6) is -1.03. The Labute approximate surface area is 119 Å². The van der Waals surface area contributed by atoms with Crippen LogP contribution in [0.25, 0.3) is 0 Å². The number of hydrogen-bond acceptors (Lipinski definition) is 2. The van der Waals surface area contributed by atoms with E-state index in [1.54, 1.807) is 13.0 Å². The van der Waals surface area contributed by atoms with Crippen molar-refractivity contribution in [3.63, 3.8) is 0 Å². The topological polar surface area (TPSA) is 66.4 Å². The maximum absolute atomic E-state index is 11.9. The molecular weight excluding hydrogens is 254 g/mol. The number of allylic oxidation sites excluding steroid dienone is 1. The van der Waals surface area contributed by atoms with E-state index in [9.17, 15) is 9.59 Å². The summed E-state index contributed by atoms with van der Waals surface area (Å²) in [6, 6.07) is 9.72. The Morgan fingerprint density at radius 1 is 1.30 bits per heavy atom. The molecule has 4 heteroatoms. The molecule has 108 valence electrons. The first-order valence-electron chi connectivity index (χ1n) is 6.69. The van der Waals surface area contributed by atoms with E-state index >= 15 is 0 Å². The Balaban J connectivity index is 2.44. The van der Waals surface area contributed by atoms with Crippen LogP contribution in [0.1, 0.15) is 31.2 Å². The number of carbonyl (C=O) groups is 2. The third kappa shape index (κ3) is 5.69. The van der Waals surface area contributed by atoms with E-state index in [4.69, 9.17) is 5.11 Å². The van der Waals surface area contributed by atoms with Gasteiger partial charge in [0.15, 0.2) is 0 Å². The SMILES string of the molecule is C=CC(CC(=O)NCC(C)CC(=O)O)c1ccccc1. The van der Waals surface area contributed by atoms with Gasteiger partial charge in [-0.25, -0.2) is 0 Å². The molecule has 0 fully saturated rings. The molecule has 0 aliphatic carbocycles. The van der Waals surface area contributed by atoms with Crippen LogP contribution in [0.3, 0.4) is 0 Å². The fourth-order valence-electron chi connectivity index (χ4n) is 1.97. The summed E-state index contributed by atoms with van der Waals surface area (Å²) < 4.78 is 0. The maximum atomic E-state index is 11.9. The minimum atomic E-state index is -0.847. The van der Waals surface area contributed by atoms with Gasteiger partial charge in [-0.05, 0) is 11.5 Å². The van der Waals surface area contributed by atoms with Gasteiger partial charge in [-0.3, -0.25) is 9.59 Å². The molecule has 0 heterocycles. The first-order valence-corrected chi connectivity index (χ1v) is 6.69. The van der Waals surface area contributed by atoms with Gasteiger partial charge in [-0.15, -0.1) is 6.58 Å². The zero-order valence-electron chi connectivity index (χ0n) is 11.7. The van der Waals surface area contributed by atoms with Crippen molar-refractivity contribution in [3.05, 3.63) is 48.6 Å². The Hall–Kier alpha value is -2.10. The van der Waals surface area contributed by atoms with E-state index in [-0.39, 0.29) is 24.2 Å². The standard InChI is InChI=1S/C16H21NO3/c1-3-13(14-7-5-4-6-8-14)10-15(18)17-11-12(2)9-16(19)20/h3-8,12-13H,1,9-11H2,2H3,(H,17,18)(H,19,20). The Morgan fingerprint density at radius 3 is 2.50 bits per heavy atom. The highest BCUT2D eigenvalue weighted by molar-refractivity contribution is 5.77. The van der Waals surface area contributed by atoms with E-state index in [0.717, 1.165) is 5.56 Å². The fourth-order valence-corrected chi connectivity index (χ4v) is 1.97. The summed E-state index contributed by atoms with van der Waals surface area (Å²) in [5.41, 5.74) is 1.05. The number of nitrogens with one attached hydrogen (secondary N) is 1. The average molecular weight is 275 g/mol. The second-order valence-corrected chi connectivity index (χ2v) is 4.96. The van der Waals surface area contributed by atoms with Crippen LogP contribution < -0.4 is 5.32 Å². The van der Waals surface area contributed by atoms with Gasteiger partial charge in [-0.1, -0.05) is 43.3 Å². The highest BCUT2D eigenvalue weighted by Crippen LogP contribution is 2.20. The van der Waals surface area contributed by atoms with E-state index in [1.165, 1.54) is 0 Å². The molecule has 2 unspecified atom stereocenters. The summed E-state index contributed by atoms with van der Waals surface area (Å²) in [5, 5.41) is 11.4. The van der Waals surface area contributed by atoms with Crippen molar-refractivity contribution >= 4 is 11.9 Å². The van der Waals surface area contributed by atoms with Crippen molar-refractivity contribution in [1.82, 2.24) is 5.32 Å². The molecule has 1 rings (SSSR count). The highest BCUT2D eigenvalue weighted by atomic mass is 16.4. The summed E-state index contributed by atoms with van der Waals surface area (Å²) in [7, 11) is 0. The monoisotopic (exact) mass is 275 g/mol. The third-order valence-corrected chi connectivity index (χ3v) is 3.09. The number of aliphatic carboxylic acids is 1. The predicted molar refractivity (Wildman–Crippen MR) is 78.4 cm³/mol. The lowest BCUT2D eigenvalue weighted by Crippen LogP contribution is -2.30. The number of carbonyl (C=O) groups excluding carboxylic acids is 1. The van der Waals surface area contributed by atoms with Crippen LogP contribution in [-0.2, 0) is 9.59 Å². The number of carboxylic acids is 1. The maximum Gasteiger partial charge on any atom is 0.303 e.